The summed E-state index contributed by atoms with van der Waals surface area (Å²) >= 11 is 0. The molecule has 6 nitrogen and oxygen atoms in total. The van der Waals surface area contributed by atoms with Crippen molar-refractivity contribution < 1.29 is 19.1 Å². The van der Waals surface area contributed by atoms with Crippen molar-refractivity contribution in [2.45, 2.75) is 51.2 Å². The van der Waals surface area contributed by atoms with Crippen LogP contribution in [0.25, 0.3) is 0 Å². The molecule has 0 bridgehead atoms. The van der Waals surface area contributed by atoms with E-state index in [-0.39, 0.29) is 23.9 Å². The molecule has 0 saturated carbocycles. The standard InChI is InChI=1S/C24H26N2O4/c1-3-15-13-29-24-20-12-8-6-10-18(20)22(28)26(24)16(4-2)14-30-23-19-11-7-5-9-17(19)21(27)25(15)23/h5-12,15-16,23-24H,3-4,13-14H2,1-2H3/t15?,16?,23-,24-/m0/s1. The van der Waals surface area contributed by atoms with E-state index in [0.29, 0.717) is 24.3 Å². The van der Waals surface area contributed by atoms with Crippen LogP contribution in [0.1, 0.15) is 71.0 Å². The summed E-state index contributed by atoms with van der Waals surface area (Å²) in [6.07, 6.45) is 0.568. The molecular weight excluding hydrogens is 380 g/mol. The van der Waals surface area contributed by atoms with Crippen molar-refractivity contribution >= 4 is 11.8 Å². The molecule has 4 atom stereocenters. The number of carbonyl (C=O) groups is 2. The maximum Gasteiger partial charge on any atom is 0.256 e. The van der Waals surface area contributed by atoms with Gasteiger partial charge in [0.1, 0.15) is 0 Å². The van der Waals surface area contributed by atoms with Gasteiger partial charge in [0, 0.05) is 22.3 Å². The third-order valence-corrected chi connectivity index (χ3v) is 6.51. The van der Waals surface area contributed by atoms with E-state index in [1.165, 1.54) is 0 Å². The van der Waals surface area contributed by atoms with Gasteiger partial charge in [0.15, 0.2) is 12.5 Å². The molecule has 0 N–H and O–H groups in total. The van der Waals surface area contributed by atoms with Crippen LogP contribution in [0.5, 0.6) is 0 Å². The summed E-state index contributed by atoms with van der Waals surface area (Å²) in [5, 5.41) is 0. The van der Waals surface area contributed by atoms with Gasteiger partial charge in [-0.05, 0) is 25.0 Å². The fourth-order valence-corrected chi connectivity index (χ4v) is 4.85. The van der Waals surface area contributed by atoms with E-state index in [1.807, 2.05) is 72.2 Å². The smallest absolute Gasteiger partial charge is 0.256 e. The number of rotatable bonds is 2. The third kappa shape index (κ3) is 2.78. The van der Waals surface area contributed by atoms with Crippen LogP contribution in [0.2, 0.25) is 0 Å². The second kappa shape index (κ2) is 7.52. The van der Waals surface area contributed by atoms with Crippen LogP contribution in [-0.2, 0) is 9.47 Å². The number of fused-ring (bicyclic) bond motifs is 6. The topological polar surface area (TPSA) is 59.1 Å². The Kier molecular flexibility index (Phi) is 4.83. The molecule has 0 aliphatic carbocycles. The highest BCUT2D eigenvalue weighted by Gasteiger charge is 2.46. The zero-order valence-corrected chi connectivity index (χ0v) is 17.3. The van der Waals surface area contributed by atoms with Gasteiger partial charge in [0.25, 0.3) is 11.8 Å². The zero-order chi connectivity index (χ0) is 20.8. The Bertz CT molecular complexity index is 911. The second-order valence-electron chi connectivity index (χ2n) is 8.09. The summed E-state index contributed by atoms with van der Waals surface area (Å²) in [7, 11) is 0. The van der Waals surface area contributed by atoms with Crippen molar-refractivity contribution in [3.8, 4) is 0 Å². The van der Waals surface area contributed by atoms with E-state index >= 15 is 0 Å². The number of hydrogen-bond donors (Lipinski definition) is 0. The Hall–Kier alpha value is -2.70. The lowest BCUT2D eigenvalue weighted by molar-refractivity contribution is -0.137. The first-order valence-electron chi connectivity index (χ1n) is 10.7. The fourth-order valence-electron chi connectivity index (χ4n) is 4.85. The Balaban J connectivity index is 1.55. The van der Waals surface area contributed by atoms with Crippen LogP contribution >= 0.6 is 0 Å². The predicted molar refractivity (Wildman–Crippen MR) is 111 cm³/mol. The maximum atomic E-state index is 13.2. The fraction of sp³-hybridized carbons (Fsp3) is 0.417. The molecule has 1 fully saturated rings. The lowest BCUT2D eigenvalue weighted by Crippen LogP contribution is -2.48. The van der Waals surface area contributed by atoms with E-state index < -0.39 is 12.5 Å². The van der Waals surface area contributed by atoms with Crippen molar-refractivity contribution in [1.29, 1.82) is 0 Å². The van der Waals surface area contributed by atoms with Crippen molar-refractivity contribution in [2.24, 2.45) is 0 Å². The summed E-state index contributed by atoms with van der Waals surface area (Å²) in [5.74, 6) is -0.0288. The summed E-state index contributed by atoms with van der Waals surface area (Å²) in [5.41, 5.74) is 3.17. The van der Waals surface area contributed by atoms with Gasteiger partial charge >= 0.3 is 0 Å². The Morgan fingerprint density at radius 1 is 0.733 bits per heavy atom. The molecule has 3 heterocycles. The number of ether oxygens (including phenoxy) is 2. The van der Waals surface area contributed by atoms with Gasteiger partial charge in [-0.3, -0.25) is 9.59 Å². The lowest BCUT2D eigenvalue weighted by Gasteiger charge is -2.39. The molecule has 0 radical (unpaired) electrons. The molecule has 1 saturated heterocycles. The molecule has 6 heteroatoms. The van der Waals surface area contributed by atoms with Crippen molar-refractivity contribution in [2.75, 3.05) is 13.2 Å². The highest BCUT2D eigenvalue weighted by Crippen LogP contribution is 2.41. The highest BCUT2D eigenvalue weighted by atomic mass is 16.5. The van der Waals surface area contributed by atoms with Crippen molar-refractivity contribution in [3.63, 3.8) is 0 Å². The summed E-state index contributed by atoms with van der Waals surface area (Å²) in [4.78, 5) is 30.1. The number of nitrogens with zero attached hydrogens (tertiary/aromatic N) is 2. The second-order valence-corrected chi connectivity index (χ2v) is 8.09. The normalized spacial score (nSPS) is 28.1. The minimum atomic E-state index is -0.451. The molecule has 156 valence electrons. The van der Waals surface area contributed by atoms with Crippen LogP contribution in [0.15, 0.2) is 48.5 Å². The molecule has 3 aliphatic heterocycles. The first kappa shape index (κ1) is 19.3. The molecule has 2 aromatic carbocycles. The van der Waals surface area contributed by atoms with E-state index in [4.69, 9.17) is 9.47 Å². The van der Waals surface area contributed by atoms with Crippen LogP contribution in [0, 0.1) is 0 Å². The lowest BCUT2D eigenvalue weighted by atomic mass is 10.1. The van der Waals surface area contributed by atoms with Crippen molar-refractivity contribution in [3.05, 3.63) is 70.8 Å². The van der Waals surface area contributed by atoms with Gasteiger partial charge in [0.05, 0.1) is 25.3 Å². The number of amides is 2. The van der Waals surface area contributed by atoms with E-state index in [2.05, 4.69) is 0 Å². The van der Waals surface area contributed by atoms with Crippen LogP contribution in [0.3, 0.4) is 0 Å². The number of hydrogen-bond acceptors (Lipinski definition) is 4. The molecule has 30 heavy (non-hydrogen) atoms. The Labute approximate surface area is 176 Å². The van der Waals surface area contributed by atoms with Gasteiger partial charge in [-0.15, -0.1) is 0 Å². The van der Waals surface area contributed by atoms with Crippen molar-refractivity contribution in [1.82, 2.24) is 9.80 Å². The summed E-state index contributed by atoms with van der Waals surface area (Å²) in [6, 6.07) is 15.0. The SMILES string of the molecule is CCC1CO[C@H]2c3ccccc3C(=O)N2C(CC)CO[C@H]2c3ccccc3C(=O)N12. The molecule has 0 spiro atoms. The Morgan fingerprint density at radius 2 is 1.13 bits per heavy atom. The molecule has 0 aromatic heterocycles. The van der Waals surface area contributed by atoms with E-state index in [9.17, 15) is 9.59 Å². The summed E-state index contributed by atoms with van der Waals surface area (Å²) in [6.45, 7) is 4.78. The number of benzene rings is 2. The summed E-state index contributed by atoms with van der Waals surface area (Å²) < 4.78 is 12.8. The molecular formula is C24H26N2O4. The third-order valence-electron chi connectivity index (χ3n) is 6.51. The maximum absolute atomic E-state index is 13.2. The average Bonchev–Trinajstić information content (AvgIpc) is 3.22. The molecule has 3 aliphatic rings. The van der Waals surface area contributed by atoms with Gasteiger partial charge in [-0.2, -0.15) is 0 Å². The molecule has 2 amide bonds. The van der Waals surface area contributed by atoms with E-state index in [1.54, 1.807) is 0 Å². The van der Waals surface area contributed by atoms with Crippen LogP contribution < -0.4 is 0 Å². The van der Waals surface area contributed by atoms with Gasteiger partial charge < -0.3 is 19.3 Å². The first-order valence-corrected chi connectivity index (χ1v) is 10.7. The van der Waals surface area contributed by atoms with Gasteiger partial charge in [-0.25, -0.2) is 0 Å². The monoisotopic (exact) mass is 406 g/mol. The van der Waals surface area contributed by atoms with Gasteiger partial charge in [-0.1, -0.05) is 50.2 Å². The predicted octanol–water partition coefficient (Wildman–Crippen LogP) is 3.90. The Morgan fingerprint density at radius 3 is 1.53 bits per heavy atom. The minimum absolute atomic E-state index is 0.0144. The van der Waals surface area contributed by atoms with Crippen LogP contribution in [-0.4, -0.2) is 46.9 Å². The first-order chi connectivity index (χ1) is 14.7. The zero-order valence-electron chi connectivity index (χ0n) is 17.3. The molecule has 5 rings (SSSR count). The quantitative estimate of drug-likeness (QED) is 0.759. The average molecular weight is 406 g/mol. The molecule has 2 aromatic rings. The minimum Gasteiger partial charge on any atom is -0.352 e. The van der Waals surface area contributed by atoms with Crippen LogP contribution in [0.4, 0.5) is 0 Å². The largest absolute Gasteiger partial charge is 0.352 e. The highest BCUT2D eigenvalue weighted by molar-refractivity contribution is 6.00. The molecule has 2 unspecified atom stereocenters. The van der Waals surface area contributed by atoms with Gasteiger partial charge in [0.2, 0.25) is 0 Å². The van der Waals surface area contributed by atoms with E-state index in [0.717, 1.165) is 24.0 Å². The number of carbonyl (C=O) groups excluding carboxylic acids is 2.